The number of aromatic nitrogens is 1. The summed E-state index contributed by atoms with van der Waals surface area (Å²) in [6.45, 7) is 9.32. The van der Waals surface area contributed by atoms with E-state index in [9.17, 15) is 9.90 Å². The molecule has 1 amide bonds. The summed E-state index contributed by atoms with van der Waals surface area (Å²) >= 11 is 0. The van der Waals surface area contributed by atoms with Crippen LogP contribution >= 0.6 is 0 Å². The van der Waals surface area contributed by atoms with Gasteiger partial charge in [0.2, 0.25) is 5.76 Å². The fourth-order valence-electron chi connectivity index (χ4n) is 3.06. The Morgan fingerprint density at radius 3 is 2.76 bits per heavy atom. The van der Waals surface area contributed by atoms with Gasteiger partial charge in [-0.25, -0.2) is 4.98 Å². The van der Waals surface area contributed by atoms with E-state index in [4.69, 9.17) is 4.42 Å². The monoisotopic (exact) mass is 294 g/mol. The number of hydrogen-bond donors (Lipinski definition) is 1. The van der Waals surface area contributed by atoms with E-state index < -0.39 is 0 Å². The van der Waals surface area contributed by atoms with Crippen molar-refractivity contribution in [1.82, 2.24) is 9.88 Å². The molecule has 2 rings (SSSR count). The average Bonchev–Trinajstić information content (AvgIpc) is 3.03. The molecule has 0 aliphatic carbocycles. The van der Waals surface area contributed by atoms with Crippen molar-refractivity contribution >= 4 is 5.91 Å². The number of oxazole rings is 1. The van der Waals surface area contributed by atoms with E-state index in [1.807, 2.05) is 20.8 Å². The smallest absolute Gasteiger partial charge is 0.291 e. The first-order valence-corrected chi connectivity index (χ1v) is 7.80. The van der Waals surface area contributed by atoms with Crippen LogP contribution in [0, 0.1) is 12.3 Å². The molecule has 5 heteroatoms. The maximum Gasteiger partial charge on any atom is 0.291 e. The molecule has 1 saturated heterocycles. The third-order valence-electron chi connectivity index (χ3n) is 4.34. The van der Waals surface area contributed by atoms with E-state index in [0.29, 0.717) is 30.4 Å². The Hall–Kier alpha value is -1.36. The Balaban J connectivity index is 2.15. The molecule has 1 aromatic heterocycles. The number of amides is 1. The number of aliphatic hydroxyl groups is 1. The lowest BCUT2D eigenvalue weighted by molar-refractivity contribution is 0.0697. The molecule has 1 N–H and O–H groups in total. The SMILES string of the molecule is CCCC1(CO)CCN(C(=O)c2oc(C(C)C)nc2C)C1. The Morgan fingerprint density at radius 2 is 2.24 bits per heavy atom. The zero-order chi connectivity index (χ0) is 15.6. The van der Waals surface area contributed by atoms with Crippen molar-refractivity contribution in [2.24, 2.45) is 5.41 Å². The molecule has 21 heavy (non-hydrogen) atoms. The third kappa shape index (κ3) is 3.12. The van der Waals surface area contributed by atoms with Gasteiger partial charge in [-0.1, -0.05) is 27.2 Å². The fourth-order valence-corrected chi connectivity index (χ4v) is 3.06. The zero-order valence-corrected chi connectivity index (χ0v) is 13.5. The van der Waals surface area contributed by atoms with Crippen molar-refractivity contribution in [3.63, 3.8) is 0 Å². The summed E-state index contributed by atoms with van der Waals surface area (Å²) in [5.41, 5.74) is 0.514. The number of rotatable bonds is 5. The maximum atomic E-state index is 12.6. The Labute approximate surface area is 126 Å². The quantitative estimate of drug-likeness (QED) is 0.906. The van der Waals surface area contributed by atoms with Crippen LogP contribution in [0.4, 0.5) is 0 Å². The van der Waals surface area contributed by atoms with Gasteiger partial charge < -0.3 is 14.4 Å². The van der Waals surface area contributed by atoms with Gasteiger partial charge in [0.25, 0.3) is 5.91 Å². The van der Waals surface area contributed by atoms with E-state index in [0.717, 1.165) is 19.3 Å². The molecule has 1 aliphatic rings. The molecular formula is C16H26N2O3. The molecule has 1 fully saturated rings. The van der Waals surface area contributed by atoms with Crippen molar-refractivity contribution in [1.29, 1.82) is 0 Å². The third-order valence-corrected chi connectivity index (χ3v) is 4.34. The van der Waals surface area contributed by atoms with Crippen LogP contribution in [-0.2, 0) is 0 Å². The maximum absolute atomic E-state index is 12.6. The predicted octanol–water partition coefficient (Wildman–Crippen LogP) is 2.73. The molecule has 1 atom stereocenters. The average molecular weight is 294 g/mol. The van der Waals surface area contributed by atoms with Gasteiger partial charge >= 0.3 is 0 Å². The molecule has 0 bridgehead atoms. The molecule has 0 radical (unpaired) electrons. The van der Waals surface area contributed by atoms with E-state index >= 15 is 0 Å². The normalized spacial score (nSPS) is 22.3. The highest BCUT2D eigenvalue weighted by atomic mass is 16.4. The number of nitrogens with zero attached hydrogens (tertiary/aromatic N) is 2. The summed E-state index contributed by atoms with van der Waals surface area (Å²) in [6.07, 6.45) is 2.81. The summed E-state index contributed by atoms with van der Waals surface area (Å²) in [6, 6.07) is 0. The minimum absolute atomic E-state index is 0.0988. The van der Waals surface area contributed by atoms with Crippen molar-refractivity contribution in [2.45, 2.75) is 52.9 Å². The van der Waals surface area contributed by atoms with E-state index in [1.165, 1.54) is 0 Å². The molecule has 0 aromatic carbocycles. The number of aryl methyl sites for hydroxylation is 1. The molecule has 0 saturated carbocycles. The second-order valence-corrected chi connectivity index (χ2v) is 6.51. The topological polar surface area (TPSA) is 66.6 Å². The summed E-state index contributed by atoms with van der Waals surface area (Å²) in [7, 11) is 0. The van der Waals surface area contributed by atoms with Gasteiger partial charge in [0.15, 0.2) is 5.89 Å². The molecule has 0 spiro atoms. The zero-order valence-electron chi connectivity index (χ0n) is 13.5. The summed E-state index contributed by atoms with van der Waals surface area (Å²) in [5.74, 6) is 1.03. The van der Waals surface area contributed by atoms with Gasteiger partial charge in [-0.2, -0.15) is 0 Å². The minimum Gasteiger partial charge on any atom is -0.435 e. The summed E-state index contributed by atoms with van der Waals surface area (Å²) in [4.78, 5) is 18.7. The van der Waals surface area contributed by atoms with Crippen molar-refractivity contribution in [3.05, 3.63) is 17.3 Å². The van der Waals surface area contributed by atoms with Crippen molar-refractivity contribution in [3.8, 4) is 0 Å². The molecule has 1 aliphatic heterocycles. The number of hydrogen-bond acceptors (Lipinski definition) is 4. The number of likely N-dealkylation sites (tertiary alicyclic amines) is 1. The van der Waals surface area contributed by atoms with Gasteiger partial charge in [0.1, 0.15) is 0 Å². The Bertz CT molecular complexity index is 510. The lowest BCUT2D eigenvalue weighted by Gasteiger charge is -2.26. The van der Waals surface area contributed by atoms with Gasteiger partial charge in [-0.05, 0) is 19.8 Å². The van der Waals surface area contributed by atoms with E-state index in [-0.39, 0.29) is 23.8 Å². The van der Waals surface area contributed by atoms with Crippen LogP contribution < -0.4 is 0 Å². The van der Waals surface area contributed by atoms with E-state index in [2.05, 4.69) is 11.9 Å². The molecule has 118 valence electrons. The minimum atomic E-state index is -0.140. The van der Waals surface area contributed by atoms with Crippen LogP contribution in [0.15, 0.2) is 4.42 Å². The number of carbonyl (C=O) groups is 1. The Kier molecular flexibility index (Phi) is 4.71. The highest BCUT2D eigenvalue weighted by Crippen LogP contribution is 2.35. The number of aliphatic hydroxyl groups excluding tert-OH is 1. The lowest BCUT2D eigenvalue weighted by atomic mass is 9.83. The van der Waals surface area contributed by atoms with Gasteiger partial charge in [-0.15, -0.1) is 0 Å². The van der Waals surface area contributed by atoms with Crippen LogP contribution in [0.5, 0.6) is 0 Å². The first kappa shape index (κ1) is 16.0. The Morgan fingerprint density at radius 1 is 1.52 bits per heavy atom. The first-order valence-electron chi connectivity index (χ1n) is 7.80. The molecule has 1 unspecified atom stereocenters. The van der Waals surface area contributed by atoms with Crippen molar-refractivity contribution < 1.29 is 14.3 Å². The molecule has 2 heterocycles. The van der Waals surface area contributed by atoms with Crippen LogP contribution in [0.3, 0.4) is 0 Å². The standard InChI is InChI=1S/C16H26N2O3/c1-5-6-16(10-19)7-8-18(9-16)15(20)13-12(4)17-14(21-13)11(2)3/h11,19H,5-10H2,1-4H3. The first-order chi connectivity index (χ1) is 9.92. The highest BCUT2D eigenvalue weighted by Gasteiger charge is 2.40. The van der Waals surface area contributed by atoms with E-state index in [1.54, 1.807) is 4.90 Å². The summed E-state index contributed by atoms with van der Waals surface area (Å²) < 4.78 is 5.65. The largest absolute Gasteiger partial charge is 0.435 e. The number of carbonyl (C=O) groups excluding carboxylic acids is 1. The van der Waals surface area contributed by atoms with Crippen LogP contribution in [0.1, 0.15) is 68.1 Å². The van der Waals surface area contributed by atoms with Gasteiger partial charge in [0, 0.05) is 24.4 Å². The van der Waals surface area contributed by atoms with Crippen LogP contribution in [-0.4, -0.2) is 40.6 Å². The molecular weight excluding hydrogens is 268 g/mol. The second kappa shape index (κ2) is 6.18. The highest BCUT2D eigenvalue weighted by molar-refractivity contribution is 5.92. The fraction of sp³-hybridized carbons (Fsp3) is 0.750. The molecule has 5 nitrogen and oxygen atoms in total. The second-order valence-electron chi connectivity index (χ2n) is 6.51. The summed E-state index contributed by atoms with van der Waals surface area (Å²) in [5, 5.41) is 9.68. The van der Waals surface area contributed by atoms with Crippen LogP contribution in [0.25, 0.3) is 0 Å². The molecule has 1 aromatic rings. The predicted molar refractivity (Wildman–Crippen MR) is 80.3 cm³/mol. The van der Waals surface area contributed by atoms with Gasteiger partial charge in [0.05, 0.1) is 12.3 Å². The lowest BCUT2D eigenvalue weighted by Crippen LogP contribution is -2.34. The van der Waals surface area contributed by atoms with Gasteiger partial charge in [-0.3, -0.25) is 4.79 Å². The van der Waals surface area contributed by atoms with Crippen LogP contribution in [0.2, 0.25) is 0 Å². The van der Waals surface area contributed by atoms with Crippen molar-refractivity contribution in [2.75, 3.05) is 19.7 Å².